The van der Waals surface area contributed by atoms with Crippen LogP contribution >= 0.6 is 0 Å². The molecule has 7 heteroatoms. The zero-order valence-electron chi connectivity index (χ0n) is 11.0. The van der Waals surface area contributed by atoms with Gasteiger partial charge in [0.05, 0.1) is 13.2 Å². The zero-order valence-corrected chi connectivity index (χ0v) is 11.0. The first-order valence-corrected chi connectivity index (χ1v) is 6.17. The number of carbonyl (C=O) groups is 1. The molecule has 1 heterocycles. The van der Waals surface area contributed by atoms with Crippen LogP contribution in [0.15, 0.2) is 23.4 Å². The van der Waals surface area contributed by atoms with Gasteiger partial charge in [-0.05, 0) is 30.7 Å². The molecule has 1 fully saturated rings. The Morgan fingerprint density at radius 2 is 2.35 bits per heavy atom. The molecule has 1 amide bonds. The second-order valence-electron chi connectivity index (χ2n) is 4.59. The van der Waals surface area contributed by atoms with E-state index in [4.69, 9.17) is 15.7 Å². The topological polar surface area (TPSA) is 88.2 Å². The van der Waals surface area contributed by atoms with Gasteiger partial charge in [0.15, 0.2) is 5.84 Å². The van der Waals surface area contributed by atoms with Gasteiger partial charge in [0.25, 0.3) is 5.91 Å². The highest BCUT2D eigenvalue weighted by Gasteiger charge is 2.28. The molecule has 1 aromatic rings. The zero-order chi connectivity index (χ0) is 14.7. The maximum absolute atomic E-state index is 13.1. The molecule has 20 heavy (non-hydrogen) atoms. The van der Waals surface area contributed by atoms with E-state index in [9.17, 15) is 9.18 Å². The van der Waals surface area contributed by atoms with Crippen LogP contribution in [0, 0.1) is 12.7 Å². The van der Waals surface area contributed by atoms with E-state index in [1.807, 2.05) is 0 Å². The molecule has 1 aliphatic rings. The summed E-state index contributed by atoms with van der Waals surface area (Å²) >= 11 is 0. The number of ether oxygens (including phenoxy) is 1. The Labute approximate surface area is 115 Å². The molecular weight excluding hydrogens is 265 g/mol. The van der Waals surface area contributed by atoms with Crippen molar-refractivity contribution in [3.05, 3.63) is 35.1 Å². The number of halogens is 1. The summed E-state index contributed by atoms with van der Waals surface area (Å²) in [5, 5.41) is 11.5. The molecule has 0 aliphatic carbocycles. The van der Waals surface area contributed by atoms with Gasteiger partial charge in [0, 0.05) is 12.1 Å². The number of hydrogen-bond acceptors (Lipinski definition) is 4. The van der Waals surface area contributed by atoms with Gasteiger partial charge in [-0.25, -0.2) is 4.39 Å². The maximum Gasteiger partial charge on any atom is 0.254 e. The molecule has 0 radical (unpaired) electrons. The molecule has 1 unspecified atom stereocenters. The van der Waals surface area contributed by atoms with Crippen LogP contribution in [0.5, 0.6) is 0 Å². The lowest BCUT2D eigenvalue weighted by Crippen LogP contribution is -2.50. The van der Waals surface area contributed by atoms with Gasteiger partial charge in [0.1, 0.15) is 11.9 Å². The summed E-state index contributed by atoms with van der Waals surface area (Å²) in [4.78, 5) is 13.9. The number of hydrogen-bond donors (Lipinski definition) is 2. The minimum Gasteiger partial charge on any atom is -0.409 e. The fraction of sp³-hybridized carbons (Fsp3) is 0.385. The highest BCUT2D eigenvalue weighted by molar-refractivity contribution is 5.96. The van der Waals surface area contributed by atoms with Crippen LogP contribution in [0.3, 0.4) is 0 Å². The van der Waals surface area contributed by atoms with Crippen LogP contribution in [0.4, 0.5) is 4.39 Å². The standard InChI is InChI=1S/C13H16FN3O3/c1-8-6-9(14)2-3-10(8)13(18)17-4-5-20-11(7-17)12(15)16-19/h2-3,6,11,19H,4-5,7H2,1H3,(H2,15,16). The summed E-state index contributed by atoms with van der Waals surface area (Å²) in [6, 6.07) is 4.03. The molecule has 1 atom stereocenters. The number of nitrogens with two attached hydrogens (primary N) is 1. The number of aryl methyl sites for hydroxylation is 1. The van der Waals surface area contributed by atoms with E-state index in [1.54, 1.807) is 11.8 Å². The summed E-state index contributed by atoms with van der Waals surface area (Å²) in [5.41, 5.74) is 6.49. The van der Waals surface area contributed by atoms with Gasteiger partial charge in [-0.3, -0.25) is 4.79 Å². The van der Waals surface area contributed by atoms with E-state index < -0.39 is 6.10 Å². The molecular formula is C13H16FN3O3. The van der Waals surface area contributed by atoms with Gasteiger partial charge in [-0.1, -0.05) is 5.16 Å². The number of nitrogens with zero attached hydrogens (tertiary/aromatic N) is 2. The third-order valence-electron chi connectivity index (χ3n) is 3.22. The minimum atomic E-state index is -0.626. The van der Waals surface area contributed by atoms with Crippen molar-refractivity contribution < 1.29 is 19.1 Å². The molecule has 0 aromatic heterocycles. The predicted octanol–water partition coefficient (Wildman–Crippen LogP) is 0.722. The average Bonchev–Trinajstić information content (AvgIpc) is 2.46. The normalized spacial score (nSPS) is 20.0. The maximum atomic E-state index is 13.1. The van der Waals surface area contributed by atoms with E-state index in [-0.39, 0.29) is 24.1 Å². The Morgan fingerprint density at radius 1 is 1.60 bits per heavy atom. The van der Waals surface area contributed by atoms with E-state index in [1.165, 1.54) is 18.2 Å². The monoisotopic (exact) mass is 281 g/mol. The SMILES string of the molecule is Cc1cc(F)ccc1C(=O)N1CCOC(/C(N)=N/O)C1. The van der Waals surface area contributed by atoms with Crippen molar-refractivity contribution in [2.24, 2.45) is 10.9 Å². The van der Waals surface area contributed by atoms with Crippen LogP contribution < -0.4 is 5.73 Å². The van der Waals surface area contributed by atoms with Gasteiger partial charge in [0.2, 0.25) is 0 Å². The first-order chi connectivity index (χ1) is 9.52. The highest BCUT2D eigenvalue weighted by atomic mass is 19.1. The molecule has 6 nitrogen and oxygen atoms in total. The van der Waals surface area contributed by atoms with Crippen molar-refractivity contribution in [3.63, 3.8) is 0 Å². The molecule has 3 N–H and O–H groups in total. The highest BCUT2D eigenvalue weighted by Crippen LogP contribution is 2.15. The summed E-state index contributed by atoms with van der Waals surface area (Å²) in [6.07, 6.45) is -0.626. The second kappa shape index (κ2) is 5.87. The quantitative estimate of drug-likeness (QED) is 0.362. The van der Waals surface area contributed by atoms with Gasteiger partial charge in [-0.2, -0.15) is 0 Å². The number of rotatable bonds is 2. The third kappa shape index (κ3) is 2.88. The fourth-order valence-corrected chi connectivity index (χ4v) is 2.11. The lowest BCUT2D eigenvalue weighted by molar-refractivity contribution is 0.00672. The molecule has 1 saturated heterocycles. The first-order valence-electron chi connectivity index (χ1n) is 6.17. The molecule has 0 bridgehead atoms. The van der Waals surface area contributed by atoms with Crippen molar-refractivity contribution >= 4 is 11.7 Å². The number of amidine groups is 1. The Morgan fingerprint density at radius 3 is 3.00 bits per heavy atom. The number of morpholine rings is 1. The largest absolute Gasteiger partial charge is 0.409 e. The van der Waals surface area contributed by atoms with Crippen LogP contribution in [0.1, 0.15) is 15.9 Å². The molecule has 1 aliphatic heterocycles. The molecule has 1 aromatic carbocycles. The average molecular weight is 281 g/mol. The first kappa shape index (κ1) is 14.3. The van der Waals surface area contributed by atoms with E-state index in [0.717, 1.165) is 0 Å². The van der Waals surface area contributed by atoms with Gasteiger partial charge in [-0.15, -0.1) is 0 Å². The summed E-state index contributed by atoms with van der Waals surface area (Å²) < 4.78 is 18.4. The van der Waals surface area contributed by atoms with Crippen LogP contribution in [0.25, 0.3) is 0 Å². The van der Waals surface area contributed by atoms with Crippen molar-refractivity contribution in [1.82, 2.24) is 4.90 Å². The number of carbonyl (C=O) groups excluding carboxylic acids is 1. The van der Waals surface area contributed by atoms with Crippen molar-refractivity contribution in [2.75, 3.05) is 19.7 Å². The molecule has 0 spiro atoms. The van der Waals surface area contributed by atoms with Crippen molar-refractivity contribution in [1.29, 1.82) is 0 Å². The lowest BCUT2D eigenvalue weighted by Gasteiger charge is -2.32. The Hall–Kier alpha value is -2.15. The summed E-state index contributed by atoms with van der Waals surface area (Å²) in [6.45, 7) is 2.58. The van der Waals surface area contributed by atoms with Crippen LogP contribution in [-0.4, -0.2) is 47.7 Å². The van der Waals surface area contributed by atoms with Gasteiger partial charge >= 0.3 is 0 Å². The van der Waals surface area contributed by atoms with Crippen molar-refractivity contribution in [3.8, 4) is 0 Å². The van der Waals surface area contributed by atoms with Crippen molar-refractivity contribution in [2.45, 2.75) is 13.0 Å². The van der Waals surface area contributed by atoms with E-state index in [0.29, 0.717) is 24.3 Å². The summed E-state index contributed by atoms with van der Waals surface area (Å²) in [7, 11) is 0. The van der Waals surface area contributed by atoms with Crippen LogP contribution in [-0.2, 0) is 4.74 Å². The minimum absolute atomic E-state index is 0.0710. The Bertz CT molecular complexity index is 548. The van der Waals surface area contributed by atoms with E-state index in [2.05, 4.69) is 5.16 Å². The second-order valence-corrected chi connectivity index (χ2v) is 4.59. The molecule has 108 valence electrons. The van der Waals surface area contributed by atoms with E-state index >= 15 is 0 Å². The van der Waals surface area contributed by atoms with Crippen LogP contribution in [0.2, 0.25) is 0 Å². The Balaban J connectivity index is 2.16. The summed E-state index contributed by atoms with van der Waals surface area (Å²) in [5.74, 6) is -0.671. The number of oxime groups is 1. The van der Waals surface area contributed by atoms with Gasteiger partial charge < -0.3 is 20.6 Å². The fourth-order valence-electron chi connectivity index (χ4n) is 2.11. The lowest BCUT2D eigenvalue weighted by atomic mass is 10.1. The third-order valence-corrected chi connectivity index (χ3v) is 3.22. The Kier molecular flexibility index (Phi) is 4.19. The predicted molar refractivity (Wildman–Crippen MR) is 70.2 cm³/mol. The smallest absolute Gasteiger partial charge is 0.254 e. The number of amides is 1. The number of benzene rings is 1. The molecule has 2 rings (SSSR count). The molecule has 0 saturated carbocycles.